The average Bonchev–Trinajstić information content (AvgIpc) is 2.77. The molecule has 0 fully saturated rings. The molecule has 0 aliphatic heterocycles. The molecule has 1 aromatic heterocycles. The van der Waals surface area contributed by atoms with Gasteiger partial charge < -0.3 is 5.73 Å². The predicted octanol–water partition coefficient (Wildman–Crippen LogP) is 2.14. The Labute approximate surface area is 108 Å². The zero-order valence-corrected chi connectivity index (χ0v) is 10.5. The van der Waals surface area contributed by atoms with Crippen LogP contribution in [0.15, 0.2) is 30.5 Å². The van der Waals surface area contributed by atoms with Crippen LogP contribution in [0.3, 0.4) is 0 Å². The second kappa shape index (κ2) is 5.70. The van der Waals surface area contributed by atoms with Gasteiger partial charge in [0.25, 0.3) is 5.69 Å². The minimum Gasteiger partial charge on any atom is -0.330 e. The zero-order chi connectivity index (χ0) is 13.0. The number of hydrogen-bond donors (Lipinski definition) is 1. The van der Waals surface area contributed by atoms with Gasteiger partial charge in [-0.25, -0.2) is 4.98 Å². The van der Waals surface area contributed by atoms with E-state index in [4.69, 9.17) is 5.73 Å². The van der Waals surface area contributed by atoms with Crippen LogP contribution in [0.5, 0.6) is 0 Å². The fourth-order valence-electron chi connectivity index (χ4n) is 1.65. The first-order valence-corrected chi connectivity index (χ1v) is 6.37. The molecule has 94 valence electrons. The summed E-state index contributed by atoms with van der Waals surface area (Å²) < 4.78 is 0. The molecule has 0 aliphatic carbocycles. The van der Waals surface area contributed by atoms with Gasteiger partial charge in [0.1, 0.15) is 0 Å². The molecule has 0 spiro atoms. The van der Waals surface area contributed by atoms with Crippen molar-refractivity contribution in [3.63, 3.8) is 0 Å². The van der Waals surface area contributed by atoms with Gasteiger partial charge in [-0.15, -0.1) is 11.3 Å². The number of nitro benzene ring substituents is 1. The summed E-state index contributed by atoms with van der Waals surface area (Å²) in [6.07, 6.45) is 3.26. The normalized spacial score (nSPS) is 10.5. The van der Waals surface area contributed by atoms with Crippen molar-refractivity contribution < 1.29 is 4.92 Å². The lowest BCUT2D eigenvalue weighted by Crippen LogP contribution is -2.01. The molecule has 0 atom stereocenters. The van der Waals surface area contributed by atoms with E-state index in [9.17, 15) is 10.1 Å². The molecule has 2 rings (SSSR count). The maximum absolute atomic E-state index is 10.7. The van der Waals surface area contributed by atoms with Gasteiger partial charge in [-0.05, 0) is 12.1 Å². The summed E-state index contributed by atoms with van der Waals surface area (Å²) >= 11 is 1.61. The smallest absolute Gasteiger partial charge is 0.269 e. The summed E-state index contributed by atoms with van der Waals surface area (Å²) in [5.41, 5.74) is 6.51. The summed E-state index contributed by atoms with van der Waals surface area (Å²) in [5, 5.41) is 11.7. The molecule has 2 N–H and O–H groups in total. The van der Waals surface area contributed by atoms with Crippen LogP contribution in [-0.4, -0.2) is 16.5 Å². The molecule has 1 heterocycles. The van der Waals surface area contributed by atoms with Gasteiger partial charge in [-0.2, -0.15) is 0 Å². The van der Waals surface area contributed by atoms with Crippen molar-refractivity contribution in [3.8, 4) is 0 Å². The number of rotatable bonds is 5. The number of aromatic nitrogens is 1. The molecule has 6 heteroatoms. The molecule has 2 aromatic rings. The third kappa shape index (κ3) is 3.12. The van der Waals surface area contributed by atoms with Crippen molar-refractivity contribution in [2.24, 2.45) is 5.73 Å². The second-order valence-electron chi connectivity index (χ2n) is 3.86. The Hall–Kier alpha value is -1.79. The number of nitrogens with zero attached hydrogens (tertiary/aromatic N) is 2. The van der Waals surface area contributed by atoms with Crippen LogP contribution in [0.2, 0.25) is 0 Å². The van der Waals surface area contributed by atoms with Crippen molar-refractivity contribution in [2.75, 3.05) is 6.54 Å². The first-order valence-electron chi connectivity index (χ1n) is 5.56. The number of nitrogens with two attached hydrogens (primary N) is 1. The first kappa shape index (κ1) is 12.7. The van der Waals surface area contributed by atoms with E-state index in [1.54, 1.807) is 23.5 Å². The molecule has 0 saturated carbocycles. The molecule has 0 amide bonds. The van der Waals surface area contributed by atoms with Crippen LogP contribution in [0, 0.1) is 10.1 Å². The van der Waals surface area contributed by atoms with Crippen molar-refractivity contribution in [2.45, 2.75) is 12.8 Å². The Morgan fingerprint density at radius 3 is 3.00 bits per heavy atom. The van der Waals surface area contributed by atoms with Crippen LogP contribution in [0.1, 0.15) is 15.4 Å². The summed E-state index contributed by atoms with van der Waals surface area (Å²) in [7, 11) is 0. The maximum Gasteiger partial charge on any atom is 0.269 e. The zero-order valence-electron chi connectivity index (χ0n) is 9.70. The molecular weight excluding hydrogens is 250 g/mol. The number of hydrogen-bond acceptors (Lipinski definition) is 5. The van der Waals surface area contributed by atoms with Gasteiger partial charge in [0.15, 0.2) is 0 Å². The van der Waals surface area contributed by atoms with Crippen molar-refractivity contribution >= 4 is 17.0 Å². The van der Waals surface area contributed by atoms with E-state index < -0.39 is 0 Å². The predicted molar refractivity (Wildman–Crippen MR) is 70.8 cm³/mol. The molecule has 1 aromatic carbocycles. The van der Waals surface area contributed by atoms with E-state index >= 15 is 0 Å². The van der Waals surface area contributed by atoms with Gasteiger partial charge in [0.05, 0.1) is 9.93 Å². The molecule has 0 unspecified atom stereocenters. The minimum absolute atomic E-state index is 0.124. The minimum atomic E-state index is -0.379. The monoisotopic (exact) mass is 263 g/mol. The highest BCUT2D eigenvalue weighted by Crippen LogP contribution is 2.20. The second-order valence-corrected chi connectivity index (χ2v) is 5.06. The molecule has 18 heavy (non-hydrogen) atoms. The number of non-ortho nitro benzene ring substituents is 1. The Morgan fingerprint density at radius 2 is 2.28 bits per heavy atom. The fraction of sp³-hybridized carbons (Fsp3) is 0.250. The lowest BCUT2D eigenvalue weighted by Gasteiger charge is -1.98. The lowest BCUT2D eigenvalue weighted by atomic mass is 10.1. The van der Waals surface area contributed by atoms with E-state index in [-0.39, 0.29) is 10.6 Å². The Kier molecular flexibility index (Phi) is 4.01. The number of thiazole rings is 1. The van der Waals surface area contributed by atoms with E-state index in [0.29, 0.717) is 13.0 Å². The summed E-state index contributed by atoms with van der Waals surface area (Å²) in [6, 6.07) is 6.68. The van der Waals surface area contributed by atoms with Gasteiger partial charge in [-0.3, -0.25) is 10.1 Å². The molecule has 0 saturated heterocycles. The third-order valence-corrected chi connectivity index (χ3v) is 3.52. The molecule has 0 aliphatic rings. The van der Waals surface area contributed by atoms with E-state index in [2.05, 4.69) is 4.98 Å². The molecular formula is C12H13N3O2S. The van der Waals surface area contributed by atoms with E-state index in [1.807, 2.05) is 12.3 Å². The Balaban J connectivity index is 2.12. The van der Waals surface area contributed by atoms with Crippen LogP contribution in [0.25, 0.3) is 0 Å². The average molecular weight is 263 g/mol. The van der Waals surface area contributed by atoms with Crippen molar-refractivity contribution in [3.05, 3.63) is 56.0 Å². The summed E-state index contributed by atoms with van der Waals surface area (Å²) in [5.74, 6) is 0. The third-order valence-electron chi connectivity index (χ3n) is 2.46. The van der Waals surface area contributed by atoms with Gasteiger partial charge >= 0.3 is 0 Å². The quantitative estimate of drug-likeness (QED) is 0.662. The number of benzene rings is 1. The highest BCUT2D eigenvalue weighted by molar-refractivity contribution is 7.11. The lowest BCUT2D eigenvalue weighted by molar-refractivity contribution is -0.384. The fourth-order valence-corrected chi connectivity index (χ4v) is 2.62. The Morgan fingerprint density at radius 1 is 1.44 bits per heavy atom. The van der Waals surface area contributed by atoms with Crippen LogP contribution in [0.4, 0.5) is 5.69 Å². The Bertz CT molecular complexity index is 554. The van der Waals surface area contributed by atoms with Crippen molar-refractivity contribution in [1.82, 2.24) is 4.98 Å². The van der Waals surface area contributed by atoms with Crippen LogP contribution in [-0.2, 0) is 12.8 Å². The van der Waals surface area contributed by atoms with Crippen LogP contribution < -0.4 is 5.73 Å². The van der Waals surface area contributed by atoms with E-state index in [0.717, 1.165) is 21.9 Å². The highest BCUT2D eigenvalue weighted by atomic mass is 32.1. The maximum atomic E-state index is 10.7. The standard InChI is InChI=1S/C12H13N3O2S/c13-5-4-12-14-8-11(18-12)7-9-2-1-3-10(6-9)15(16)17/h1-3,6,8H,4-5,7,13H2. The van der Waals surface area contributed by atoms with Gasteiger partial charge in [0, 0.05) is 36.0 Å². The SMILES string of the molecule is NCCc1ncc(Cc2cccc([N+](=O)[O-])c2)s1. The van der Waals surface area contributed by atoms with Gasteiger partial charge in [0.2, 0.25) is 0 Å². The van der Waals surface area contributed by atoms with E-state index in [1.165, 1.54) is 6.07 Å². The van der Waals surface area contributed by atoms with Crippen LogP contribution >= 0.6 is 11.3 Å². The number of nitro groups is 1. The highest BCUT2D eigenvalue weighted by Gasteiger charge is 2.07. The van der Waals surface area contributed by atoms with Crippen molar-refractivity contribution in [1.29, 1.82) is 0 Å². The molecule has 5 nitrogen and oxygen atoms in total. The van der Waals surface area contributed by atoms with Gasteiger partial charge in [-0.1, -0.05) is 12.1 Å². The largest absolute Gasteiger partial charge is 0.330 e. The molecule has 0 radical (unpaired) electrons. The topological polar surface area (TPSA) is 82.0 Å². The summed E-state index contributed by atoms with van der Waals surface area (Å²) in [4.78, 5) is 15.7. The first-order chi connectivity index (χ1) is 8.69. The summed E-state index contributed by atoms with van der Waals surface area (Å²) in [6.45, 7) is 0.587. The molecule has 0 bridgehead atoms.